The highest BCUT2D eigenvalue weighted by molar-refractivity contribution is 6.04. The molecule has 0 unspecified atom stereocenters. The zero-order valence-corrected chi connectivity index (χ0v) is 18.9. The van der Waals surface area contributed by atoms with Gasteiger partial charge in [-0.3, -0.25) is 14.5 Å². The molecule has 0 aliphatic carbocycles. The van der Waals surface area contributed by atoms with E-state index in [1.807, 2.05) is 42.5 Å². The van der Waals surface area contributed by atoms with E-state index in [1.54, 1.807) is 44.3 Å². The minimum Gasteiger partial charge on any atom is -0.493 e. The third-order valence-corrected chi connectivity index (χ3v) is 5.64. The molecule has 1 aliphatic rings. The number of aryl methyl sites for hydroxylation is 2. The Morgan fingerprint density at radius 3 is 2.33 bits per heavy atom. The SMILES string of the molecule is COc1ccc(/C=C/C(=O)Nc2ccc3c(c2)N(C(C)=O)c2ccccc2CC3)cc1OC. The van der Waals surface area contributed by atoms with E-state index in [1.165, 1.54) is 6.08 Å². The molecule has 0 bridgehead atoms. The lowest BCUT2D eigenvalue weighted by Crippen LogP contribution is -2.24. The van der Waals surface area contributed by atoms with Crippen molar-refractivity contribution in [3.63, 3.8) is 0 Å². The number of amides is 2. The number of carbonyl (C=O) groups excluding carboxylic acids is 2. The molecule has 33 heavy (non-hydrogen) atoms. The average molecular weight is 443 g/mol. The van der Waals surface area contributed by atoms with Gasteiger partial charge in [0.15, 0.2) is 11.5 Å². The highest BCUT2D eigenvalue weighted by atomic mass is 16.5. The molecule has 2 amide bonds. The molecule has 6 heteroatoms. The van der Waals surface area contributed by atoms with E-state index in [4.69, 9.17) is 9.47 Å². The Morgan fingerprint density at radius 1 is 0.879 bits per heavy atom. The molecule has 1 aliphatic heterocycles. The zero-order chi connectivity index (χ0) is 23.4. The van der Waals surface area contributed by atoms with Gasteiger partial charge < -0.3 is 14.8 Å². The van der Waals surface area contributed by atoms with Crippen LogP contribution in [0.1, 0.15) is 23.6 Å². The van der Waals surface area contributed by atoms with Crippen molar-refractivity contribution in [3.05, 3.63) is 83.4 Å². The van der Waals surface area contributed by atoms with Crippen molar-refractivity contribution < 1.29 is 19.1 Å². The van der Waals surface area contributed by atoms with Crippen LogP contribution in [0.2, 0.25) is 0 Å². The summed E-state index contributed by atoms with van der Waals surface area (Å²) in [5.41, 5.74) is 5.33. The van der Waals surface area contributed by atoms with Crippen LogP contribution in [-0.2, 0) is 22.4 Å². The molecule has 0 atom stereocenters. The van der Waals surface area contributed by atoms with Crippen LogP contribution in [0.3, 0.4) is 0 Å². The number of carbonyl (C=O) groups is 2. The standard InChI is InChI=1S/C27H26N2O4/c1-18(30)29-23-7-5-4-6-20(23)10-11-21-12-13-22(17-24(21)29)28-27(31)15-9-19-8-14-25(32-2)26(16-19)33-3/h4-9,12-17H,10-11H2,1-3H3,(H,28,31)/b15-9+. The lowest BCUT2D eigenvalue weighted by molar-refractivity contribution is -0.116. The van der Waals surface area contributed by atoms with Crippen molar-refractivity contribution in [2.75, 3.05) is 24.4 Å². The lowest BCUT2D eigenvalue weighted by atomic mass is 10.0. The van der Waals surface area contributed by atoms with Gasteiger partial charge in [-0.25, -0.2) is 0 Å². The summed E-state index contributed by atoms with van der Waals surface area (Å²) >= 11 is 0. The number of para-hydroxylation sites is 1. The maximum absolute atomic E-state index is 12.6. The first-order valence-corrected chi connectivity index (χ1v) is 10.7. The van der Waals surface area contributed by atoms with Gasteiger partial charge in [0.05, 0.1) is 25.6 Å². The van der Waals surface area contributed by atoms with Crippen molar-refractivity contribution >= 4 is 35.0 Å². The van der Waals surface area contributed by atoms with E-state index < -0.39 is 0 Å². The van der Waals surface area contributed by atoms with Gasteiger partial charge in [-0.05, 0) is 65.9 Å². The molecule has 0 radical (unpaired) electrons. The van der Waals surface area contributed by atoms with Crippen LogP contribution < -0.4 is 19.7 Å². The number of benzene rings is 3. The highest BCUT2D eigenvalue weighted by Crippen LogP contribution is 2.37. The highest BCUT2D eigenvalue weighted by Gasteiger charge is 2.23. The number of rotatable bonds is 5. The van der Waals surface area contributed by atoms with Crippen LogP contribution in [0.4, 0.5) is 17.1 Å². The number of hydrogen-bond acceptors (Lipinski definition) is 4. The van der Waals surface area contributed by atoms with Gasteiger partial charge in [0.2, 0.25) is 11.8 Å². The summed E-state index contributed by atoms with van der Waals surface area (Å²) in [6.07, 6.45) is 4.85. The van der Waals surface area contributed by atoms with Gasteiger partial charge >= 0.3 is 0 Å². The van der Waals surface area contributed by atoms with E-state index >= 15 is 0 Å². The molecule has 4 rings (SSSR count). The Bertz CT molecular complexity index is 1230. The predicted octanol–water partition coefficient (Wildman–Crippen LogP) is 5.14. The molecular weight excluding hydrogens is 416 g/mol. The summed E-state index contributed by atoms with van der Waals surface area (Å²) in [7, 11) is 3.15. The Hall–Kier alpha value is -4.06. The van der Waals surface area contributed by atoms with Crippen LogP contribution in [0.5, 0.6) is 11.5 Å². The first kappa shape index (κ1) is 22.1. The molecule has 3 aromatic rings. The first-order valence-electron chi connectivity index (χ1n) is 10.7. The second-order valence-electron chi connectivity index (χ2n) is 7.76. The third-order valence-electron chi connectivity index (χ3n) is 5.64. The predicted molar refractivity (Wildman–Crippen MR) is 130 cm³/mol. The van der Waals surface area contributed by atoms with Crippen molar-refractivity contribution in [3.8, 4) is 11.5 Å². The molecular formula is C27H26N2O4. The Morgan fingerprint density at radius 2 is 1.61 bits per heavy atom. The lowest BCUT2D eigenvalue weighted by Gasteiger charge is -2.24. The number of nitrogens with one attached hydrogen (secondary N) is 1. The van der Waals surface area contributed by atoms with Gasteiger partial charge in [-0.1, -0.05) is 30.3 Å². The number of nitrogens with zero attached hydrogens (tertiary/aromatic N) is 1. The average Bonchev–Trinajstić information content (AvgIpc) is 2.99. The molecule has 0 aromatic heterocycles. The zero-order valence-electron chi connectivity index (χ0n) is 18.9. The van der Waals surface area contributed by atoms with Gasteiger partial charge in [-0.2, -0.15) is 0 Å². The Kier molecular flexibility index (Phi) is 6.45. The maximum atomic E-state index is 12.6. The fourth-order valence-electron chi connectivity index (χ4n) is 4.05. The molecule has 1 heterocycles. The van der Waals surface area contributed by atoms with E-state index in [-0.39, 0.29) is 11.8 Å². The monoisotopic (exact) mass is 442 g/mol. The van der Waals surface area contributed by atoms with E-state index in [2.05, 4.69) is 11.4 Å². The van der Waals surface area contributed by atoms with E-state index in [0.717, 1.165) is 40.9 Å². The maximum Gasteiger partial charge on any atom is 0.248 e. The molecule has 168 valence electrons. The fraction of sp³-hybridized carbons (Fsp3) is 0.185. The van der Waals surface area contributed by atoms with Crippen molar-refractivity contribution in [1.82, 2.24) is 0 Å². The molecule has 3 aromatic carbocycles. The molecule has 1 N–H and O–H groups in total. The summed E-state index contributed by atoms with van der Waals surface area (Å²) in [6.45, 7) is 1.56. The normalized spacial score (nSPS) is 12.5. The Balaban J connectivity index is 1.57. The minimum absolute atomic E-state index is 0.0672. The van der Waals surface area contributed by atoms with E-state index in [9.17, 15) is 9.59 Å². The second-order valence-corrected chi connectivity index (χ2v) is 7.76. The molecule has 6 nitrogen and oxygen atoms in total. The first-order chi connectivity index (χ1) is 16.0. The summed E-state index contributed by atoms with van der Waals surface area (Å²) < 4.78 is 10.5. The molecule has 0 saturated heterocycles. The Labute approximate surface area is 193 Å². The van der Waals surface area contributed by atoms with Crippen LogP contribution in [0.15, 0.2) is 66.7 Å². The number of hydrogen-bond donors (Lipinski definition) is 1. The molecule has 0 saturated carbocycles. The fourth-order valence-corrected chi connectivity index (χ4v) is 4.05. The van der Waals surface area contributed by atoms with Crippen LogP contribution in [-0.4, -0.2) is 26.0 Å². The van der Waals surface area contributed by atoms with Crippen LogP contribution in [0, 0.1) is 0 Å². The quantitative estimate of drug-likeness (QED) is 0.556. The summed E-state index contributed by atoms with van der Waals surface area (Å²) in [4.78, 5) is 26.9. The number of fused-ring (bicyclic) bond motifs is 2. The van der Waals surface area contributed by atoms with Gasteiger partial charge in [0, 0.05) is 18.7 Å². The topological polar surface area (TPSA) is 67.9 Å². The van der Waals surface area contributed by atoms with Crippen LogP contribution in [0.25, 0.3) is 6.08 Å². The van der Waals surface area contributed by atoms with Gasteiger partial charge in [-0.15, -0.1) is 0 Å². The van der Waals surface area contributed by atoms with E-state index in [0.29, 0.717) is 17.2 Å². The van der Waals surface area contributed by atoms with Crippen molar-refractivity contribution in [2.45, 2.75) is 19.8 Å². The van der Waals surface area contributed by atoms with Crippen LogP contribution >= 0.6 is 0 Å². The summed E-state index contributed by atoms with van der Waals surface area (Å²) in [5.74, 6) is 0.881. The smallest absolute Gasteiger partial charge is 0.248 e. The minimum atomic E-state index is -0.270. The molecule has 0 fully saturated rings. The largest absolute Gasteiger partial charge is 0.493 e. The van der Waals surface area contributed by atoms with Gasteiger partial charge in [0.1, 0.15) is 0 Å². The van der Waals surface area contributed by atoms with Crippen molar-refractivity contribution in [2.24, 2.45) is 0 Å². The molecule has 0 spiro atoms. The van der Waals surface area contributed by atoms with Crippen molar-refractivity contribution in [1.29, 1.82) is 0 Å². The number of anilines is 3. The second kappa shape index (κ2) is 9.61. The van der Waals surface area contributed by atoms with Gasteiger partial charge in [0.25, 0.3) is 0 Å². The number of ether oxygens (including phenoxy) is 2. The number of methoxy groups -OCH3 is 2. The summed E-state index contributed by atoms with van der Waals surface area (Å²) in [6, 6.07) is 19.1. The third kappa shape index (κ3) is 4.75. The summed E-state index contributed by atoms with van der Waals surface area (Å²) in [5, 5.41) is 2.90.